The van der Waals surface area contributed by atoms with Crippen LogP contribution < -0.4 is 5.32 Å². The van der Waals surface area contributed by atoms with Gasteiger partial charge in [-0.1, -0.05) is 0 Å². The van der Waals surface area contributed by atoms with Crippen molar-refractivity contribution in [1.29, 1.82) is 0 Å². The normalized spacial score (nSPS) is 16.1. The van der Waals surface area contributed by atoms with E-state index >= 15 is 0 Å². The topological polar surface area (TPSA) is 93.0 Å². The quantitative estimate of drug-likeness (QED) is 0.601. The summed E-state index contributed by atoms with van der Waals surface area (Å²) in [7, 11) is 0. The molecule has 0 spiro atoms. The Bertz CT molecular complexity index is 1250. The van der Waals surface area contributed by atoms with Gasteiger partial charge in [0.15, 0.2) is 0 Å². The Hall–Kier alpha value is -3.59. The van der Waals surface area contributed by atoms with E-state index in [2.05, 4.69) is 0 Å². The largest absolute Gasteiger partial charge is 0.374 e. The van der Waals surface area contributed by atoms with Crippen LogP contribution in [0.2, 0.25) is 0 Å². The van der Waals surface area contributed by atoms with Crippen molar-refractivity contribution in [2.24, 2.45) is 0 Å². The molecule has 3 amide bonds. The molecular formula is C24H25FN4O4. The number of hydrogen-bond acceptors (Lipinski definition) is 5. The second kappa shape index (κ2) is 9.11. The van der Waals surface area contributed by atoms with Crippen LogP contribution in [0.3, 0.4) is 0 Å². The number of imide groups is 1. The van der Waals surface area contributed by atoms with Crippen molar-refractivity contribution in [3.05, 3.63) is 58.7 Å². The third kappa shape index (κ3) is 4.49. The number of carbonyl (C=O) groups excluding carboxylic acids is 3. The fourth-order valence-electron chi connectivity index (χ4n) is 4.19. The number of nitrogens with one attached hydrogen (secondary N) is 1. The van der Waals surface area contributed by atoms with E-state index in [1.165, 1.54) is 12.1 Å². The van der Waals surface area contributed by atoms with Crippen molar-refractivity contribution < 1.29 is 23.5 Å². The molecule has 0 radical (unpaired) electrons. The Morgan fingerprint density at radius 3 is 2.82 bits per heavy atom. The fraction of sp³-hybridized carbons (Fsp3) is 0.333. The first-order valence-corrected chi connectivity index (χ1v) is 10.7. The number of carbonyl (C=O) groups is 3. The van der Waals surface area contributed by atoms with E-state index in [0.29, 0.717) is 48.6 Å². The van der Waals surface area contributed by atoms with E-state index < -0.39 is 11.7 Å². The molecule has 172 valence electrons. The Morgan fingerprint density at radius 2 is 2.09 bits per heavy atom. The first-order chi connectivity index (χ1) is 15.8. The Labute approximate surface area is 190 Å². The Balaban J connectivity index is 1.79. The van der Waals surface area contributed by atoms with Gasteiger partial charge in [-0.3, -0.25) is 19.7 Å². The van der Waals surface area contributed by atoms with E-state index in [0.717, 1.165) is 11.3 Å². The highest BCUT2D eigenvalue weighted by molar-refractivity contribution is 6.00. The number of pyridine rings is 1. The molecule has 33 heavy (non-hydrogen) atoms. The zero-order chi connectivity index (χ0) is 23.7. The number of imidazole rings is 1. The third-order valence-electron chi connectivity index (χ3n) is 5.89. The molecular weight excluding hydrogens is 427 g/mol. The van der Waals surface area contributed by atoms with Crippen LogP contribution in [0, 0.1) is 19.7 Å². The van der Waals surface area contributed by atoms with Gasteiger partial charge in [0.2, 0.25) is 12.3 Å². The second-order valence-electron chi connectivity index (χ2n) is 8.24. The smallest absolute Gasteiger partial charge is 0.260 e. The lowest BCUT2D eigenvalue weighted by molar-refractivity contribution is -0.136. The molecule has 1 fully saturated rings. The zero-order valence-electron chi connectivity index (χ0n) is 18.7. The average Bonchev–Trinajstić information content (AvgIpc) is 3.12. The van der Waals surface area contributed by atoms with Gasteiger partial charge >= 0.3 is 0 Å². The summed E-state index contributed by atoms with van der Waals surface area (Å²) in [5.74, 6) is -1.55. The summed E-state index contributed by atoms with van der Waals surface area (Å²) in [6.45, 7) is 6.74. The van der Waals surface area contributed by atoms with E-state index in [1.807, 2.05) is 35.0 Å². The SMILES string of the molecule is CC(=O)N1CCO[C@@H](Cc2c(-c3cc(F)c(C(=O)NC=O)cc3C)nc3cc(C)ccn23)C1. The molecule has 0 aliphatic carbocycles. The van der Waals surface area contributed by atoms with Gasteiger partial charge in [0, 0.05) is 38.2 Å². The highest BCUT2D eigenvalue weighted by Gasteiger charge is 2.26. The molecule has 0 saturated carbocycles. The lowest BCUT2D eigenvalue weighted by Gasteiger charge is -2.32. The summed E-state index contributed by atoms with van der Waals surface area (Å²) in [5.41, 5.74) is 4.13. The number of amides is 3. The van der Waals surface area contributed by atoms with Gasteiger partial charge in [-0.25, -0.2) is 9.37 Å². The van der Waals surface area contributed by atoms with Gasteiger partial charge in [-0.2, -0.15) is 0 Å². The first kappa shape index (κ1) is 22.6. The predicted octanol–water partition coefficient (Wildman–Crippen LogP) is 2.43. The fourth-order valence-corrected chi connectivity index (χ4v) is 4.19. The highest BCUT2D eigenvalue weighted by Crippen LogP contribution is 2.31. The van der Waals surface area contributed by atoms with Crippen molar-refractivity contribution in [2.45, 2.75) is 33.3 Å². The summed E-state index contributed by atoms with van der Waals surface area (Å²) in [6, 6.07) is 6.59. The van der Waals surface area contributed by atoms with Crippen LogP contribution in [0.1, 0.15) is 34.1 Å². The molecule has 3 aromatic rings. The summed E-state index contributed by atoms with van der Waals surface area (Å²) < 4.78 is 22.7. The standard InChI is InChI=1S/C24H25FN4O4/c1-14-4-5-29-21(10-17-12-28(16(3)31)6-7-33-17)23(27-22(29)8-14)18-11-20(25)19(9-15(18)2)24(32)26-13-30/h4-5,8-9,11,13,17H,6-7,10,12H2,1-3H3,(H,26,30,32)/t17-/m0/s1. The van der Waals surface area contributed by atoms with E-state index in [4.69, 9.17) is 9.72 Å². The minimum absolute atomic E-state index is 0.000560. The van der Waals surface area contributed by atoms with Crippen LogP contribution in [0.5, 0.6) is 0 Å². The van der Waals surface area contributed by atoms with E-state index in [-0.39, 0.29) is 24.0 Å². The van der Waals surface area contributed by atoms with E-state index in [1.54, 1.807) is 18.7 Å². The molecule has 9 heteroatoms. The molecule has 1 aliphatic rings. The number of aryl methyl sites for hydroxylation is 2. The van der Waals surface area contributed by atoms with Crippen LogP contribution in [0.4, 0.5) is 4.39 Å². The van der Waals surface area contributed by atoms with Gasteiger partial charge in [-0.05, 0) is 49.2 Å². The number of benzene rings is 1. The molecule has 1 saturated heterocycles. The molecule has 1 N–H and O–H groups in total. The summed E-state index contributed by atoms with van der Waals surface area (Å²) in [6.07, 6.45) is 2.38. The Morgan fingerprint density at radius 1 is 1.30 bits per heavy atom. The highest BCUT2D eigenvalue weighted by atomic mass is 19.1. The van der Waals surface area contributed by atoms with Crippen LogP contribution in [0.15, 0.2) is 30.5 Å². The molecule has 0 unspecified atom stereocenters. The van der Waals surface area contributed by atoms with Gasteiger partial charge in [0.05, 0.1) is 29.7 Å². The van der Waals surface area contributed by atoms with Crippen molar-refractivity contribution in [1.82, 2.24) is 19.6 Å². The molecule has 4 rings (SSSR count). The maximum atomic E-state index is 14.9. The lowest BCUT2D eigenvalue weighted by atomic mass is 9.98. The molecule has 8 nitrogen and oxygen atoms in total. The van der Waals surface area contributed by atoms with Crippen LogP contribution in [-0.2, 0) is 20.7 Å². The number of hydrogen-bond donors (Lipinski definition) is 1. The molecule has 0 bridgehead atoms. The molecule has 1 aliphatic heterocycles. The Kier molecular flexibility index (Phi) is 6.24. The number of fused-ring (bicyclic) bond motifs is 1. The minimum atomic E-state index is -0.803. The monoisotopic (exact) mass is 452 g/mol. The molecule has 2 aromatic heterocycles. The first-order valence-electron chi connectivity index (χ1n) is 10.7. The van der Waals surface area contributed by atoms with Crippen molar-refractivity contribution in [2.75, 3.05) is 19.7 Å². The van der Waals surface area contributed by atoms with Crippen LogP contribution >= 0.6 is 0 Å². The summed E-state index contributed by atoms with van der Waals surface area (Å²) >= 11 is 0. The summed E-state index contributed by atoms with van der Waals surface area (Å²) in [5, 5.41) is 1.97. The number of halogens is 1. The van der Waals surface area contributed by atoms with Gasteiger partial charge in [-0.15, -0.1) is 0 Å². The van der Waals surface area contributed by atoms with Crippen molar-refractivity contribution in [3.8, 4) is 11.3 Å². The maximum absolute atomic E-state index is 14.9. The van der Waals surface area contributed by atoms with Gasteiger partial charge in [0.1, 0.15) is 11.5 Å². The maximum Gasteiger partial charge on any atom is 0.260 e. The van der Waals surface area contributed by atoms with Crippen LogP contribution in [-0.4, -0.2) is 58.3 Å². The van der Waals surface area contributed by atoms with Gasteiger partial charge in [0.25, 0.3) is 5.91 Å². The number of aromatic nitrogens is 2. The number of morpholine rings is 1. The number of rotatable bonds is 5. The molecule has 1 atom stereocenters. The zero-order valence-corrected chi connectivity index (χ0v) is 18.7. The number of ether oxygens (including phenoxy) is 1. The number of nitrogens with zero attached hydrogens (tertiary/aromatic N) is 3. The second-order valence-corrected chi connectivity index (χ2v) is 8.24. The third-order valence-corrected chi connectivity index (χ3v) is 5.89. The lowest BCUT2D eigenvalue weighted by Crippen LogP contribution is -2.45. The van der Waals surface area contributed by atoms with Crippen LogP contribution in [0.25, 0.3) is 16.9 Å². The molecule has 3 heterocycles. The predicted molar refractivity (Wildman–Crippen MR) is 119 cm³/mol. The van der Waals surface area contributed by atoms with Crippen molar-refractivity contribution >= 4 is 23.9 Å². The van der Waals surface area contributed by atoms with E-state index in [9.17, 15) is 18.8 Å². The summed E-state index contributed by atoms with van der Waals surface area (Å²) in [4.78, 5) is 41.0. The van der Waals surface area contributed by atoms with Crippen molar-refractivity contribution in [3.63, 3.8) is 0 Å². The molecule has 1 aromatic carbocycles. The average molecular weight is 452 g/mol. The van der Waals surface area contributed by atoms with Gasteiger partial charge < -0.3 is 14.0 Å². The minimum Gasteiger partial charge on any atom is -0.374 e.